The molecule has 0 saturated carbocycles. The number of hydrogen-bond donors (Lipinski definition) is 2. The number of nitrogens with two attached hydrogens (primary N) is 2. The highest BCUT2D eigenvalue weighted by atomic mass is 32.1. The molecule has 0 aliphatic rings. The standard InChI is InChI=1S/C10H15N3O2S/c1-14-8-4-3-7(9(5-8)15-2)6-13(12)10(11)16/h3-5H,6,12H2,1-2H3,(H2,11,16). The fraction of sp³-hybridized carbons (Fsp3) is 0.300. The Morgan fingerprint density at radius 1 is 1.38 bits per heavy atom. The summed E-state index contributed by atoms with van der Waals surface area (Å²) in [4.78, 5) is 0. The summed E-state index contributed by atoms with van der Waals surface area (Å²) >= 11 is 4.76. The maximum atomic E-state index is 5.62. The smallest absolute Gasteiger partial charge is 0.180 e. The Balaban J connectivity index is 2.91. The van der Waals surface area contributed by atoms with Crippen molar-refractivity contribution >= 4 is 17.3 Å². The quantitative estimate of drug-likeness (QED) is 0.457. The molecule has 6 heteroatoms. The molecule has 0 atom stereocenters. The van der Waals surface area contributed by atoms with Gasteiger partial charge in [0.1, 0.15) is 11.5 Å². The first kappa shape index (κ1) is 12.5. The SMILES string of the molecule is COc1ccc(CN(N)C(N)=S)c(OC)c1. The van der Waals surface area contributed by atoms with E-state index < -0.39 is 0 Å². The lowest BCUT2D eigenvalue weighted by Crippen LogP contribution is -2.40. The molecule has 0 amide bonds. The van der Waals surface area contributed by atoms with Crippen molar-refractivity contribution in [1.82, 2.24) is 5.01 Å². The zero-order chi connectivity index (χ0) is 12.1. The van der Waals surface area contributed by atoms with Crippen molar-refractivity contribution in [2.24, 2.45) is 11.6 Å². The van der Waals surface area contributed by atoms with Gasteiger partial charge in [0.25, 0.3) is 0 Å². The average molecular weight is 241 g/mol. The molecule has 0 bridgehead atoms. The zero-order valence-electron chi connectivity index (χ0n) is 9.27. The third-order valence-electron chi connectivity index (χ3n) is 2.12. The minimum atomic E-state index is 0.137. The number of benzene rings is 1. The lowest BCUT2D eigenvalue weighted by atomic mass is 10.2. The van der Waals surface area contributed by atoms with Gasteiger partial charge in [-0.15, -0.1) is 0 Å². The Morgan fingerprint density at radius 3 is 2.56 bits per heavy atom. The fourth-order valence-electron chi connectivity index (χ4n) is 1.24. The lowest BCUT2D eigenvalue weighted by molar-refractivity contribution is 0.376. The molecule has 0 spiro atoms. The molecule has 88 valence electrons. The van der Waals surface area contributed by atoms with Crippen LogP contribution in [0.15, 0.2) is 18.2 Å². The molecule has 0 radical (unpaired) electrons. The van der Waals surface area contributed by atoms with Gasteiger partial charge in [-0.1, -0.05) is 0 Å². The first-order valence-corrected chi connectivity index (χ1v) is 5.02. The van der Waals surface area contributed by atoms with Gasteiger partial charge in [-0.05, 0) is 24.4 Å². The predicted octanol–water partition coefficient (Wildman–Crippen LogP) is 0.623. The number of thiocarbonyl (C=S) groups is 1. The summed E-state index contributed by atoms with van der Waals surface area (Å²) < 4.78 is 10.3. The summed E-state index contributed by atoms with van der Waals surface area (Å²) in [7, 11) is 3.18. The summed E-state index contributed by atoms with van der Waals surface area (Å²) in [5, 5.41) is 1.41. The zero-order valence-corrected chi connectivity index (χ0v) is 10.1. The highest BCUT2D eigenvalue weighted by Gasteiger charge is 2.08. The van der Waals surface area contributed by atoms with Crippen molar-refractivity contribution in [3.63, 3.8) is 0 Å². The van der Waals surface area contributed by atoms with Gasteiger partial charge in [0.2, 0.25) is 0 Å². The number of hydrogen-bond acceptors (Lipinski definition) is 4. The van der Waals surface area contributed by atoms with E-state index in [-0.39, 0.29) is 5.11 Å². The van der Waals surface area contributed by atoms with Crippen LogP contribution in [0.4, 0.5) is 0 Å². The summed E-state index contributed by atoms with van der Waals surface area (Å²) in [5.74, 6) is 7.03. The van der Waals surface area contributed by atoms with Gasteiger partial charge in [0.15, 0.2) is 5.11 Å². The number of hydrazine groups is 1. The molecule has 16 heavy (non-hydrogen) atoms. The molecule has 0 aliphatic heterocycles. The number of methoxy groups -OCH3 is 2. The molecule has 0 aromatic heterocycles. The minimum absolute atomic E-state index is 0.137. The van der Waals surface area contributed by atoms with Gasteiger partial charge >= 0.3 is 0 Å². The van der Waals surface area contributed by atoms with E-state index in [2.05, 4.69) is 0 Å². The van der Waals surface area contributed by atoms with Gasteiger partial charge in [-0.25, -0.2) is 5.84 Å². The molecule has 5 nitrogen and oxygen atoms in total. The molecule has 1 aromatic rings. The van der Waals surface area contributed by atoms with E-state index in [1.165, 1.54) is 5.01 Å². The van der Waals surface area contributed by atoms with Crippen molar-refractivity contribution in [3.8, 4) is 11.5 Å². The van der Waals surface area contributed by atoms with Crippen molar-refractivity contribution in [1.29, 1.82) is 0 Å². The third-order valence-corrected chi connectivity index (χ3v) is 2.35. The van der Waals surface area contributed by atoms with Crippen molar-refractivity contribution in [2.75, 3.05) is 14.2 Å². The molecule has 1 aromatic carbocycles. The molecule has 0 fully saturated rings. The van der Waals surface area contributed by atoms with E-state index in [4.69, 9.17) is 33.3 Å². The van der Waals surface area contributed by atoms with E-state index in [0.717, 1.165) is 11.3 Å². The Kier molecular flexibility index (Phi) is 4.33. The Bertz CT molecular complexity index is 384. The van der Waals surface area contributed by atoms with Gasteiger partial charge < -0.3 is 15.2 Å². The maximum absolute atomic E-state index is 5.62. The topological polar surface area (TPSA) is 73.7 Å². The van der Waals surface area contributed by atoms with Crippen LogP contribution in [0.5, 0.6) is 11.5 Å². The normalized spacial score (nSPS) is 9.69. The first-order valence-electron chi connectivity index (χ1n) is 4.61. The molecular weight excluding hydrogens is 226 g/mol. The van der Waals surface area contributed by atoms with Crippen LogP contribution >= 0.6 is 12.2 Å². The highest BCUT2D eigenvalue weighted by molar-refractivity contribution is 7.80. The molecule has 0 aliphatic carbocycles. The largest absolute Gasteiger partial charge is 0.497 e. The maximum Gasteiger partial charge on any atom is 0.180 e. The Labute approximate surface area is 99.9 Å². The van der Waals surface area contributed by atoms with E-state index >= 15 is 0 Å². The molecule has 0 unspecified atom stereocenters. The first-order chi connectivity index (χ1) is 7.58. The molecule has 0 heterocycles. The number of nitrogens with zero attached hydrogens (tertiary/aromatic N) is 1. The second-order valence-electron chi connectivity index (χ2n) is 3.14. The van der Waals surface area contributed by atoms with Crippen LogP contribution in [0.2, 0.25) is 0 Å². The van der Waals surface area contributed by atoms with Crippen LogP contribution in [0.1, 0.15) is 5.56 Å². The van der Waals surface area contributed by atoms with E-state index in [1.54, 1.807) is 20.3 Å². The predicted molar refractivity (Wildman–Crippen MR) is 66.1 cm³/mol. The van der Waals surface area contributed by atoms with Crippen LogP contribution in [0, 0.1) is 0 Å². The summed E-state index contributed by atoms with van der Waals surface area (Å²) in [6.45, 7) is 0.391. The summed E-state index contributed by atoms with van der Waals surface area (Å²) in [5.41, 5.74) is 6.29. The highest BCUT2D eigenvalue weighted by Crippen LogP contribution is 2.25. The molecule has 0 saturated heterocycles. The van der Waals surface area contributed by atoms with Crippen molar-refractivity contribution < 1.29 is 9.47 Å². The van der Waals surface area contributed by atoms with Gasteiger partial charge in [0, 0.05) is 11.6 Å². The second kappa shape index (κ2) is 5.53. The summed E-state index contributed by atoms with van der Waals surface area (Å²) in [6, 6.07) is 5.46. The van der Waals surface area contributed by atoms with Crippen molar-refractivity contribution in [3.05, 3.63) is 23.8 Å². The minimum Gasteiger partial charge on any atom is -0.497 e. The number of ether oxygens (including phenoxy) is 2. The van der Waals surface area contributed by atoms with Crippen LogP contribution in [-0.2, 0) is 6.54 Å². The van der Waals surface area contributed by atoms with Crippen LogP contribution in [0.25, 0.3) is 0 Å². The van der Waals surface area contributed by atoms with Crippen LogP contribution in [-0.4, -0.2) is 24.3 Å². The van der Waals surface area contributed by atoms with Gasteiger partial charge in [-0.2, -0.15) is 0 Å². The van der Waals surface area contributed by atoms with Crippen molar-refractivity contribution in [2.45, 2.75) is 6.54 Å². The Morgan fingerprint density at radius 2 is 2.06 bits per heavy atom. The molecule has 1 rings (SSSR count). The Hall–Kier alpha value is -1.53. The third kappa shape index (κ3) is 2.98. The van der Waals surface area contributed by atoms with Gasteiger partial charge in [-0.3, -0.25) is 5.01 Å². The van der Waals surface area contributed by atoms with E-state index in [1.807, 2.05) is 12.1 Å². The van der Waals surface area contributed by atoms with Crippen LogP contribution in [0.3, 0.4) is 0 Å². The average Bonchev–Trinajstić information content (AvgIpc) is 2.29. The molecule has 4 N–H and O–H groups in total. The second-order valence-corrected chi connectivity index (χ2v) is 3.56. The van der Waals surface area contributed by atoms with E-state index in [9.17, 15) is 0 Å². The monoisotopic (exact) mass is 241 g/mol. The lowest BCUT2D eigenvalue weighted by Gasteiger charge is -2.18. The summed E-state index contributed by atoms with van der Waals surface area (Å²) in [6.07, 6.45) is 0. The fourth-order valence-corrected chi connectivity index (χ4v) is 1.31. The molecular formula is C10H15N3O2S. The van der Waals surface area contributed by atoms with Gasteiger partial charge in [0.05, 0.1) is 20.8 Å². The van der Waals surface area contributed by atoms with E-state index in [0.29, 0.717) is 12.3 Å². The van der Waals surface area contributed by atoms with Crippen LogP contribution < -0.4 is 21.1 Å². The number of rotatable bonds is 4.